The highest BCUT2D eigenvalue weighted by Crippen LogP contribution is 2.16. The standard InChI is InChI=1S/C9H5N3OS/c10-5-6-1-3-7(4-2-6)8-11-12-9(14)13-8/h1-4H,(H,12,14). The summed E-state index contributed by atoms with van der Waals surface area (Å²) in [6, 6.07) is 8.94. The molecule has 2 rings (SSSR count). The van der Waals surface area contributed by atoms with Gasteiger partial charge in [0.15, 0.2) is 0 Å². The lowest BCUT2D eigenvalue weighted by molar-refractivity contribution is 0.552. The highest BCUT2D eigenvalue weighted by Gasteiger charge is 2.02. The summed E-state index contributed by atoms with van der Waals surface area (Å²) in [4.78, 5) is 0.240. The van der Waals surface area contributed by atoms with E-state index < -0.39 is 0 Å². The van der Waals surface area contributed by atoms with Crippen LogP contribution in [0.3, 0.4) is 0 Å². The minimum Gasteiger partial charge on any atom is -0.409 e. The van der Waals surface area contributed by atoms with E-state index in [1.807, 2.05) is 6.07 Å². The number of aromatic nitrogens is 2. The van der Waals surface area contributed by atoms with Crippen LogP contribution < -0.4 is 0 Å². The SMILES string of the molecule is N#Cc1ccc(-c2n[nH]c(=S)o2)cc1. The van der Waals surface area contributed by atoms with Gasteiger partial charge in [0, 0.05) is 5.56 Å². The normalized spacial score (nSPS) is 9.64. The van der Waals surface area contributed by atoms with E-state index >= 15 is 0 Å². The van der Waals surface area contributed by atoms with Gasteiger partial charge in [-0.25, -0.2) is 5.10 Å². The zero-order valence-electron chi connectivity index (χ0n) is 7.02. The first kappa shape index (κ1) is 8.66. The predicted molar refractivity (Wildman–Crippen MR) is 51.8 cm³/mol. The van der Waals surface area contributed by atoms with Crippen molar-refractivity contribution in [3.8, 4) is 17.5 Å². The lowest BCUT2D eigenvalue weighted by Gasteiger charge is -1.92. The number of H-pyrrole nitrogens is 1. The topological polar surface area (TPSA) is 65.6 Å². The summed E-state index contributed by atoms with van der Waals surface area (Å²) >= 11 is 4.74. The third kappa shape index (κ3) is 1.56. The lowest BCUT2D eigenvalue weighted by atomic mass is 10.1. The Morgan fingerprint density at radius 1 is 1.36 bits per heavy atom. The number of rotatable bonds is 1. The third-order valence-corrected chi connectivity index (χ3v) is 1.87. The number of hydrogen-bond acceptors (Lipinski definition) is 4. The number of aromatic amines is 1. The minimum atomic E-state index is 0.240. The van der Waals surface area contributed by atoms with Gasteiger partial charge in [-0.1, -0.05) is 0 Å². The van der Waals surface area contributed by atoms with E-state index in [1.165, 1.54) is 0 Å². The summed E-state index contributed by atoms with van der Waals surface area (Å²) in [7, 11) is 0. The van der Waals surface area contributed by atoms with E-state index in [0.717, 1.165) is 5.56 Å². The van der Waals surface area contributed by atoms with Crippen LogP contribution >= 0.6 is 12.2 Å². The van der Waals surface area contributed by atoms with Gasteiger partial charge in [0.05, 0.1) is 11.6 Å². The molecule has 5 heteroatoms. The Balaban J connectivity index is 2.44. The average molecular weight is 203 g/mol. The Morgan fingerprint density at radius 3 is 2.57 bits per heavy atom. The quantitative estimate of drug-likeness (QED) is 0.722. The van der Waals surface area contributed by atoms with Crippen LogP contribution in [0.4, 0.5) is 0 Å². The molecule has 0 spiro atoms. The summed E-state index contributed by atoms with van der Waals surface area (Å²) in [6.45, 7) is 0. The average Bonchev–Trinajstić information content (AvgIpc) is 2.65. The maximum atomic E-state index is 8.59. The molecule has 14 heavy (non-hydrogen) atoms. The van der Waals surface area contributed by atoms with Crippen LogP contribution in [0.5, 0.6) is 0 Å². The minimum absolute atomic E-state index is 0.240. The first-order valence-electron chi connectivity index (χ1n) is 3.85. The molecular formula is C9H5N3OS. The van der Waals surface area contributed by atoms with Crippen molar-refractivity contribution in [2.24, 2.45) is 0 Å². The number of nitriles is 1. The van der Waals surface area contributed by atoms with E-state index in [2.05, 4.69) is 10.2 Å². The van der Waals surface area contributed by atoms with Gasteiger partial charge >= 0.3 is 0 Å². The van der Waals surface area contributed by atoms with E-state index in [-0.39, 0.29) is 4.84 Å². The molecule has 0 unspecified atom stereocenters. The molecule has 0 saturated heterocycles. The Kier molecular flexibility index (Phi) is 2.13. The molecule has 0 bridgehead atoms. The zero-order valence-corrected chi connectivity index (χ0v) is 7.84. The molecule has 1 heterocycles. The van der Waals surface area contributed by atoms with Gasteiger partial charge in [-0.2, -0.15) is 5.26 Å². The summed E-state index contributed by atoms with van der Waals surface area (Å²) in [5, 5.41) is 15.0. The summed E-state index contributed by atoms with van der Waals surface area (Å²) in [5.74, 6) is 0.430. The first-order chi connectivity index (χ1) is 6.79. The Labute approximate surface area is 84.8 Å². The van der Waals surface area contributed by atoms with Crippen LogP contribution in [0.25, 0.3) is 11.5 Å². The van der Waals surface area contributed by atoms with Gasteiger partial charge in [-0.15, -0.1) is 5.10 Å². The van der Waals surface area contributed by atoms with Crippen molar-refractivity contribution < 1.29 is 4.42 Å². The van der Waals surface area contributed by atoms with Crippen molar-refractivity contribution in [3.05, 3.63) is 34.7 Å². The van der Waals surface area contributed by atoms with Crippen LogP contribution in [0.1, 0.15) is 5.56 Å². The maximum absolute atomic E-state index is 8.59. The third-order valence-electron chi connectivity index (χ3n) is 1.70. The van der Waals surface area contributed by atoms with Gasteiger partial charge in [0.2, 0.25) is 5.89 Å². The molecular weight excluding hydrogens is 198 g/mol. The Hall–Kier alpha value is -1.93. The molecule has 1 aromatic carbocycles. The fourth-order valence-electron chi connectivity index (χ4n) is 1.04. The van der Waals surface area contributed by atoms with E-state index in [1.54, 1.807) is 24.3 Å². The second-order valence-electron chi connectivity index (χ2n) is 2.61. The van der Waals surface area contributed by atoms with Crippen molar-refractivity contribution in [1.82, 2.24) is 10.2 Å². The summed E-state index contributed by atoms with van der Waals surface area (Å²) < 4.78 is 5.11. The molecule has 1 aromatic heterocycles. The van der Waals surface area contributed by atoms with Gasteiger partial charge in [-0.3, -0.25) is 0 Å². The molecule has 0 radical (unpaired) electrons. The fourth-order valence-corrected chi connectivity index (χ4v) is 1.17. The highest BCUT2D eigenvalue weighted by molar-refractivity contribution is 7.71. The summed E-state index contributed by atoms with van der Waals surface area (Å²) in [5.41, 5.74) is 1.39. The van der Waals surface area contributed by atoms with Crippen molar-refractivity contribution >= 4 is 12.2 Å². The molecule has 0 atom stereocenters. The molecule has 68 valence electrons. The molecule has 0 aliphatic heterocycles. The second-order valence-corrected chi connectivity index (χ2v) is 2.98. The molecule has 0 aliphatic rings. The molecule has 0 amide bonds. The Morgan fingerprint density at radius 2 is 2.07 bits per heavy atom. The van der Waals surface area contributed by atoms with E-state index in [9.17, 15) is 0 Å². The molecule has 4 nitrogen and oxygen atoms in total. The number of nitrogens with one attached hydrogen (secondary N) is 1. The summed E-state index contributed by atoms with van der Waals surface area (Å²) in [6.07, 6.45) is 0. The smallest absolute Gasteiger partial charge is 0.284 e. The molecule has 0 aliphatic carbocycles. The van der Waals surface area contributed by atoms with Crippen molar-refractivity contribution in [3.63, 3.8) is 0 Å². The number of benzene rings is 1. The van der Waals surface area contributed by atoms with Crippen LogP contribution in [0.15, 0.2) is 28.7 Å². The zero-order chi connectivity index (χ0) is 9.97. The predicted octanol–water partition coefficient (Wildman–Crippen LogP) is 2.27. The van der Waals surface area contributed by atoms with Gasteiger partial charge in [-0.05, 0) is 36.5 Å². The van der Waals surface area contributed by atoms with E-state index in [4.69, 9.17) is 21.9 Å². The van der Waals surface area contributed by atoms with Gasteiger partial charge in [0.25, 0.3) is 4.84 Å². The number of hydrogen-bond donors (Lipinski definition) is 1. The maximum Gasteiger partial charge on any atom is 0.284 e. The fraction of sp³-hybridized carbons (Fsp3) is 0. The molecule has 0 saturated carbocycles. The highest BCUT2D eigenvalue weighted by atomic mass is 32.1. The Bertz CT molecular complexity index is 532. The second kappa shape index (κ2) is 3.44. The first-order valence-corrected chi connectivity index (χ1v) is 4.26. The number of nitrogens with zero attached hydrogens (tertiary/aromatic N) is 2. The van der Waals surface area contributed by atoms with Crippen LogP contribution in [0, 0.1) is 16.2 Å². The monoisotopic (exact) mass is 203 g/mol. The van der Waals surface area contributed by atoms with Crippen molar-refractivity contribution in [2.45, 2.75) is 0 Å². The van der Waals surface area contributed by atoms with Crippen molar-refractivity contribution in [2.75, 3.05) is 0 Å². The van der Waals surface area contributed by atoms with Crippen LogP contribution in [-0.4, -0.2) is 10.2 Å². The molecule has 2 aromatic rings. The van der Waals surface area contributed by atoms with Gasteiger partial charge in [0.1, 0.15) is 0 Å². The molecule has 1 N–H and O–H groups in total. The van der Waals surface area contributed by atoms with Crippen LogP contribution in [-0.2, 0) is 0 Å². The lowest BCUT2D eigenvalue weighted by Crippen LogP contribution is -1.78. The van der Waals surface area contributed by atoms with E-state index in [0.29, 0.717) is 11.5 Å². The largest absolute Gasteiger partial charge is 0.409 e. The molecule has 0 fully saturated rings. The van der Waals surface area contributed by atoms with Crippen LogP contribution in [0.2, 0.25) is 0 Å². The van der Waals surface area contributed by atoms with Gasteiger partial charge < -0.3 is 4.42 Å². The van der Waals surface area contributed by atoms with Crippen molar-refractivity contribution in [1.29, 1.82) is 5.26 Å².